The first-order chi connectivity index (χ1) is 13.8. The zero-order valence-electron chi connectivity index (χ0n) is 16.2. The average Bonchev–Trinajstić information content (AvgIpc) is 2.71. The van der Waals surface area contributed by atoms with Gasteiger partial charge in [-0.25, -0.2) is 17.1 Å². The molecule has 1 saturated heterocycles. The molecule has 1 heterocycles. The highest BCUT2D eigenvalue weighted by Crippen LogP contribution is 2.24. The molecule has 1 fully saturated rings. The molecular weight excluding hydrogens is 415 g/mol. The van der Waals surface area contributed by atoms with Crippen molar-refractivity contribution in [1.29, 1.82) is 0 Å². The molecule has 1 aliphatic rings. The molecule has 0 aromatic heterocycles. The Morgan fingerprint density at radius 1 is 1.14 bits per heavy atom. The van der Waals surface area contributed by atoms with Crippen LogP contribution in [0, 0.1) is 11.7 Å². The summed E-state index contributed by atoms with van der Waals surface area (Å²) in [7, 11) is -1.88. The van der Waals surface area contributed by atoms with Gasteiger partial charge in [0.05, 0.1) is 5.75 Å². The van der Waals surface area contributed by atoms with E-state index < -0.39 is 15.8 Å². The normalized spacial score (nSPS) is 16.0. The number of benzene rings is 2. The number of halogens is 2. The number of piperidine rings is 1. The number of hydrogen-bond donors (Lipinski definition) is 0. The Morgan fingerprint density at radius 3 is 2.38 bits per heavy atom. The summed E-state index contributed by atoms with van der Waals surface area (Å²) in [5, 5.41) is 0.645. The fourth-order valence-electron chi connectivity index (χ4n) is 3.54. The minimum absolute atomic E-state index is 0.00565. The summed E-state index contributed by atoms with van der Waals surface area (Å²) in [5.74, 6) is -1.10. The Bertz CT molecular complexity index is 958. The molecule has 29 heavy (non-hydrogen) atoms. The van der Waals surface area contributed by atoms with Crippen molar-refractivity contribution in [3.8, 4) is 0 Å². The Hall–Kier alpha value is -1.96. The molecule has 1 aliphatic heterocycles. The Labute approximate surface area is 176 Å². The predicted molar refractivity (Wildman–Crippen MR) is 111 cm³/mol. The van der Waals surface area contributed by atoms with E-state index in [2.05, 4.69) is 0 Å². The van der Waals surface area contributed by atoms with E-state index in [-0.39, 0.29) is 36.2 Å². The number of amides is 1. The highest BCUT2D eigenvalue weighted by Gasteiger charge is 2.32. The zero-order valence-corrected chi connectivity index (χ0v) is 17.8. The number of carbonyl (C=O) groups is 1. The van der Waals surface area contributed by atoms with Crippen molar-refractivity contribution in [2.75, 3.05) is 20.1 Å². The van der Waals surface area contributed by atoms with Crippen molar-refractivity contribution in [3.05, 3.63) is 70.5 Å². The highest BCUT2D eigenvalue weighted by atomic mass is 35.5. The smallest absolute Gasteiger partial charge is 0.225 e. The third-order valence-electron chi connectivity index (χ3n) is 5.20. The van der Waals surface area contributed by atoms with Crippen molar-refractivity contribution in [2.45, 2.75) is 25.1 Å². The maximum Gasteiger partial charge on any atom is 0.225 e. The molecule has 2 aromatic carbocycles. The summed E-state index contributed by atoms with van der Waals surface area (Å²) in [4.78, 5) is 14.4. The molecule has 156 valence electrons. The number of sulfonamides is 1. The summed E-state index contributed by atoms with van der Waals surface area (Å²) in [6, 6.07) is 13.2. The first-order valence-corrected chi connectivity index (χ1v) is 11.5. The van der Waals surface area contributed by atoms with Crippen molar-refractivity contribution in [1.82, 2.24) is 9.21 Å². The molecule has 0 atom stereocenters. The standard InChI is InChI=1S/C21H24ClFN2O3S/c1-24(14-16-6-8-19(22)9-7-16)21(26)17-10-12-25(13-11-17)29(27,28)15-18-4-2-3-5-20(18)23/h2-9,17H,10-15H2,1H3. The molecule has 0 aliphatic carbocycles. The van der Waals surface area contributed by atoms with Crippen LogP contribution in [0.4, 0.5) is 4.39 Å². The topological polar surface area (TPSA) is 57.7 Å². The van der Waals surface area contributed by atoms with Crippen molar-refractivity contribution < 1.29 is 17.6 Å². The van der Waals surface area contributed by atoms with Crippen LogP contribution in [0.5, 0.6) is 0 Å². The van der Waals surface area contributed by atoms with Gasteiger partial charge in [0.1, 0.15) is 5.82 Å². The van der Waals surface area contributed by atoms with E-state index in [9.17, 15) is 17.6 Å². The monoisotopic (exact) mass is 438 g/mol. The lowest BCUT2D eigenvalue weighted by Gasteiger charge is -2.32. The van der Waals surface area contributed by atoms with Crippen LogP contribution in [-0.2, 0) is 27.1 Å². The average molecular weight is 439 g/mol. The molecule has 8 heteroatoms. The van der Waals surface area contributed by atoms with E-state index in [4.69, 9.17) is 11.6 Å². The van der Waals surface area contributed by atoms with Gasteiger partial charge in [-0.2, -0.15) is 0 Å². The lowest BCUT2D eigenvalue weighted by Crippen LogP contribution is -2.43. The highest BCUT2D eigenvalue weighted by molar-refractivity contribution is 7.88. The van der Waals surface area contributed by atoms with Gasteiger partial charge in [-0.3, -0.25) is 4.79 Å². The molecule has 1 amide bonds. The van der Waals surface area contributed by atoms with Crippen LogP contribution in [0.2, 0.25) is 5.02 Å². The lowest BCUT2D eigenvalue weighted by atomic mass is 9.96. The van der Waals surface area contributed by atoms with Gasteiger partial charge >= 0.3 is 0 Å². The first kappa shape index (κ1) is 21.7. The van der Waals surface area contributed by atoms with Gasteiger partial charge in [0.25, 0.3) is 0 Å². The minimum atomic E-state index is -3.62. The molecule has 0 radical (unpaired) electrons. The van der Waals surface area contributed by atoms with E-state index in [1.165, 1.54) is 22.5 Å². The van der Waals surface area contributed by atoms with Crippen molar-refractivity contribution in [2.24, 2.45) is 5.92 Å². The summed E-state index contributed by atoms with van der Waals surface area (Å²) < 4.78 is 40.4. The van der Waals surface area contributed by atoms with Crippen LogP contribution in [-0.4, -0.2) is 43.7 Å². The molecule has 0 unspecified atom stereocenters. The van der Waals surface area contributed by atoms with Crippen LogP contribution in [0.3, 0.4) is 0 Å². The van der Waals surface area contributed by atoms with Crippen LogP contribution < -0.4 is 0 Å². The van der Waals surface area contributed by atoms with Crippen molar-refractivity contribution >= 4 is 27.5 Å². The molecule has 0 N–H and O–H groups in total. The van der Waals surface area contributed by atoms with Crippen LogP contribution >= 0.6 is 11.6 Å². The Kier molecular flexibility index (Phi) is 6.93. The van der Waals surface area contributed by atoms with Gasteiger partial charge in [-0.1, -0.05) is 41.9 Å². The third kappa shape index (κ3) is 5.56. The number of nitrogens with zero attached hydrogens (tertiary/aromatic N) is 2. The maximum absolute atomic E-state index is 13.8. The van der Waals surface area contributed by atoms with Gasteiger partial charge in [0.15, 0.2) is 0 Å². The predicted octanol–water partition coefficient (Wildman–Crippen LogP) is 3.68. The Balaban J connectivity index is 1.55. The summed E-state index contributed by atoms with van der Waals surface area (Å²) in [5.41, 5.74) is 1.14. The molecule has 0 spiro atoms. The number of rotatable bonds is 6. The zero-order chi connectivity index (χ0) is 21.0. The maximum atomic E-state index is 13.8. The molecule has 0 bridgehead atoms. The second kappa shape index (κ2) is 9.24. The largest absolute Gasteiger partial charge is 0.341 e. The van der Waals surface area contributed by atoms with E-state index in [1.807, 2.05) is 12.1 Å². The van der Waals surface area contributed by atoms with Crippen LogP contribution in [0.25, 0.3) is 0 Å². The molecule has 3 rings (SSSR count). The third-order valence-corrected chi connectivity index (χ3v) is 7.28. The second-order valence-electron chi connectivity index (χ2n) is 7.34. The SMILES string of the molecule is CN(Cc1ccc(Cl)cc1)C(=O)C1CCN(S(=O)(=O)Cc2ccccc2F)CC1. The van der Waals surface area contributed by atoms with Gasteiger partial charge in [0.2, 0.25) is 15.9 Å². The van der Waals surface area contributed by atoms with E-state index in [0.29, 0.717) is 24.4 Å². The molecule has 2 aromatic rings. The van der Waals surface area contributed by atoms with E-state index in [1.54, 1.807) is 30.1 Å². The Morgan fingerprint density at radius 2 is 1.76 bits per heavy atom. The molecule has 0 saturated carbocycles. The fourth-order valence-corrected chi connectivity index (χ4v) is 5.24. The van der Waals surface area contributed by atoms with Gasteiger partial charge in [0, 0.05) is 43.2 Å². The van der Waals surface area contributed by atoms with Crippen LogP contribution in [0.1, 0.15) is 24.0 Å². The van der Waals surface area contributed by atoms with Gasteiger partial charge in [-0.15, -0.1) is 0 Å². The van der Waals surface area contributed by atoms with E-state index in [0.717, 1.165) is 5.56 Å². The summed E-state index contributed by atoms with van der Waals surface area (Å²) in [6.45, 7) is 1.01. The number of hydrogen-bond acceptors (Lipinski definition) is 3. The van der Waals surface area contributed by atoms with E-state index >= 15 is 0 Å². The van der Waals surface area contributed by atoms with Gasteiger partial charge in [-0.05, 0) is 36.6 Å². The van der Waals surface area contributed by atoms with Crippen molar-refractivity contribution in [3.63, 3.8) is 0 Å². The number of carbonyl (C=O) groups excluding carboxylic acids is 1. The summed E-state index contributed by atoms with van der Waals surface area (Å²) in [6.07, 6.45) is 0.917. The minimum Gasteiger partial charge on any atom is -0.341 e. The first-order valence-electron chi connectivity index (χ1n) is 9.47. The molecular formula is C21H24ClFN2O3S. The summed E-state index contributed by atoms with van der Waals surface area (Å²) >= 11 is 5.89. The quantitative estimate of drug-likeness (QED) is 0.691. The van der Waals surface area contributed by atoms with Crippen LogP contribution in [0.15, 0.2) is 48.5 Å². The van der Waals surface area contributed by atoms with Gasteiger partial charge < -0.3 is 4.90 Å². The molecule has 5 nitrogen and oxygen atoms in total. The fraction of sp³-hybridized carbons (Fsp3) is 0.381. The second-order valence-corrected chi connectivity index (χ2v) is 9.75. The lowest BCUT2D eigenvalue weighted by molar-refractivity contribution is -0.135.